The molecule has 1 N–H and O–H groups in total. The number of benzene rings is 2. The van der Waals surface area contributed by atoms with E-state index in [1.165, 1.54) is 18.3 Å². The van der Waals surface area contributed by atoms with Crippen molar-refractivity contribution in [3.05, 3.63) is 66.8 Å². The third-order valence-corrected chi connectivity index (χ3v) is 11.6. The molecule has 6 heteroatoms. The Morgan fingerprint density at radius 3 is 2.41 bits per heavy atom. The zero-order valence-corrected chi connectivity index (χ0v) is 22.2. The summed E-state index contributed by atoms with van der Waals surface area (Å²) < 4.78 is 36.3. The van der Waals surface area contributed by atoms with Gasteiger partial charge in [-0.15, -0.1) is 0 Å². The minimum absolute atomic E-state index is 0.00411. The molecule has 172 valence electrons. The van der Waals surface area contributed by atoms with Crippen LogP contribution in [0.25, 0.3) is 0 Å². The molecule has 2 saturated carbocycles. The second-order valence-corrected chi connectivity index (χ2v) is 15.1. The minimum Gasteiger partial charge on any atom is -0.299 e. The second-order valence-electron chi connectivity index (χ2n) is 10.7. The van der Waals surface area contributed by atoms with Gasteiger partial charge >= 0.3 is 21.2 Å². The Morgan fingerprint density at radius 2 is 1.81 bits per heavy atom. The first kappa shape index (κ1) is 23.9. The predicted octanol–water partition coefficient (Wildman–Crippen LogP) is 1.92. The first-order valence-electron chi connectivity index (χ1n) is 11.2. The van der Waals surface area contributed by atoms with E-state index in [-0.39, 0.29) is 17.1 Å². The Bertz CT molecular complexity index is 1140. The lowest BCUT2D eigenvalue weighted by atomic mass is 9.65. The third-order valence-electron chi connectivity index (χ3n) is 7.72. The lowest BCUT2D eigenvalue weighted by Gasteiger charge is -2.39. The smallest absolute Gasteiger partial charge is 0.299 e. The van der Waals surface area contributed by atoms with Crippen LogP contribution in [-0.4, -0.2) is 24.5 Å². The number of rotatable bonds is 6. The summed E-state index contributed by atoms with van der Waals surface area (Å²) >= 11 is -0.404. The summed E-state index contributed by atoms with van der Waals surface area (Å²) in [4.78, 5) is 13.1. The van der Waals surface area contributed by atoms with Gasteiger partial charge in [0.05, 0.1) is 11.2 Å². The van der Waals surface area contributed by atoms with Crippen LogP contribution in [0.5, 0.6) is 0 Å². The van der Waals surface area contributed by atoms with Gasteiger partial charge in [-0.2, -0.15) is 8.42 Å². The van der Waals surface area contributed by atoms with Gasteiger partial charge in [-0.3, -0.25) is 9.35 Å². The largest absolute Gasteiger partial charge is 0.358 e. The van der Waals surface area contributed by atoms with Crippen molar-refractivity contribution in [1.82, 2.24) is 0 Å². The minimum atomic E-state index is -4.25. The maximum absolute atomic E-state index is 13.1. The standard InChI is InChI=1S/C26H31IO4S/c1-24(2,3)19-10-11-22(27-21-8-6-5-7-9-21)18(14-19)16-25(4)20-12-13-26(25,23(28)15-20)17-32(29,30)31/h5-11,14,20H,12-13,15-17H2,1-4H3/p+1. The summed E-state index contributed by atoms with van der Waals surface area (Å²) in [7, 11) is -4.25. The first-order valence-corrected chi connectivity index (χ1v) is 14.9. The van der Waals surface area contributed by atoms with Crippen molar-refractivity contribution in [2.45, 2.75) is 58.8 Å². The molecule has 0 radical (unpaired) electrons. The van der Waals surface area contributed by atoms with Gasteiger partial charge in [0.2, 0.25) is 0 Å². The zero-order valence-electron chi connectivity index (χ0n) is 19.2. The lowest BCUT2D eigenvalue weighted by Crippen LogP contribution is -3.61. The van der Waals surface area contributed by atoms with Gasteiger partial charge < -0.3 is 0 Å². The van der Waals surface area contributed by atoms with E-state index in [0.717, 1.165) is 6.42 Å². The van der Waals surface area contributed by atoms with Gasteiger partial charge in [0.25, 0.3) is 10.1 Å². The van der Waals surface area contributed by atoms with E-state index in [4.69, 9.17) is 0 Å². The summed E-state index contributed by atoms with van der Waals surface area (Å²) in [6.07, 6.45) is 2.49. The lowest BCUT2D eigenvalue weighted by molar-refractivity contribution is -0.598. The van der Waals surface area contributed by atoms with Crippen LogP contribution >= 0.6 is 0 Å². The number of fused-ring (bicyclic) bond motifs is 2. The molecule has 3 atom stereocenters. The molecule has 2 aliphatic rings. The Kier molecular flexibility index (Phi) is 6.13. The van der Waals surface area contributed by atoms with E-state index in [1.807, 2.05) is 6.07 Å². The summed E-state index contributed by atoms with van der Waals surface area (Å²) in [5.74, 6) is -0.272. The first-order chi connectivity index (χ1) is 14.8. The molecule has 0 spiro atoms. The van der Waals surface area contributed by atoms with Crippen LogP contribution in [-0.2, 0) is 26.7 Å². The van der Waals surface area contributed by atoms with Crippen molar-refractivity contribution in [2.24, 2.45) is 16.7 Å². The Morgan fingerprint density at radius 1 is 1.12 bits per heavy atom. The SMILES string of the molecule is CC(C)(C)c1ccc([I+]c2ccccc2)c(CC2(C)C3CCC2(CS(=O)(=O)O)C(=O)C3)c1. The highest BCUT2D eigenvalue weighted by molar-refractivity contribution is 7.85. The highest BCUT2D eigenvalue weighted by Gasteiger charge is 2.67. The molecule has 32 heavy (non-hydrogen) atoms. The van der Waals surface area contributed by atoms with Crippen LogP contribution in [0, 0.1) is 23.9 Å². The van der Waals surface area contributed by atoms with E-state index in [9.17, 15) is 17.8 Å². The normalized spacial score (nSPS) is 27.8. The molecule has 2 aliphatic carbocycles. The predicted molar refractivity (Wildman–Crippen MR) is 122 cm³/mol. The van der Waals surface area contributed by atoms with Crippen molar-refractivity contribution in [2.75, 3.05) is 5.75 Å². The molecule has 2 aromatic carbocycles. The molecule has 4 rings (SSSR count). The quantitative estimate of drug-likeness (QED) is 0.428. The molecular formula is C26H32IO4S+. The van der Waals surface area contributed by atoms with Crippen LogP contribution in [0.3, 0.4) is 0 Å². The van der Waals surface area contributed by atoms with E-state index in [2.05, 4.69) is 70.2 Å². The number of carbonyl (C=O) groups excluding carboxylic acids is 1. The zero-order chi connectivity index (χ0) is 23.4. The van der Waals surface area contributed by atoms with Crippen molar-refractivity contribution in [1.29, 1.82) is 0 Å². The number of halogens is 1. The molecule has 0 aromatic heterocycles. The molecule has 3 unspecified atom stereocenters. The third kappa shape index (κ3) is 4.30. The van der Waals surface area contributed by atoms with Crippen molar-refractivity contribution in [3.63, 3.8) is 0 Å². The highest BCUT2D eigenvalue weighted by atomic mass is 127. The van der Waals surface area contributed by atoms with Crippen molar-refractivity contribution < 1.29 is 39.0 Å². The number of hydrogen-bond donors (Lipinski definition) is 1. The molecule has 0 amide bonds. The van der Waals surface area contributed by atoms with Crippen molar-refractivity contribution in [3.8, 4) is 0 Å². The van der Waals surface area contributed by atoms with E-state index in [1.54, 1.807) is 0 Å². The van der Waals surface area contributed by atoms with Crippen LogP contribution in [0.1, 0.15) is 58.1 Å². The molecule has 0 saturated heterocycles. The molecule has 4 nitrogen and oxygen atoms in total. The monoisotopic (exact) mass is 567 g/mol. The molecule has 2 bridgehead atoms. The van der Waals surface area contributed by atoms with Gasteiger partial charge in [0.1, 0.15) is 5.78 Å². The average molecular weight is 568 g/mol. The Hall–Kier alpha value is -1.25. The summed E-state index contributed by atoms with van der Waals surface area (Å²) in [5.41, 5.74) is 1.03. The van der Waals surface area contributed by atoms with Crippen molar-refractivity contribution >= 4 is 15.9 Å². The molecule has 0 heterocycles. The van der Waals surface area contributed by atoms with Crippen LogP contribution in [0.15, 0.2) is 48.5 Å². The van der Waals surface area contributed by atoms with E-state index in [0.29, 0.717) is 19.3 Å². The highest BCUT2D eigenvalue weighted by Crippen LogP contribution is 2.65. The van der Waals surface area contributed by atoms with Gasteiger partial charge in [-0.1, -0.05) is 58.0 Å². The molecule has 0 aliphatic heterocycles. The summed E-state index contributed by atoms with van der Waals surface area (Å²) in [6.45, 7) is 8.68. The molecule has 2 fully saturated rings. The average Bonchev–Trinajstić information content (AvgIpc) is 3.04. The van der Waals surface area contributed by atoms with Crippen LogP contribution in [0.2, 0.25) is 0 Å². The number of hydrogen-bond acceptors (Lipinski definition) is 3. The fourth-order valence-electron chi connectivity index (χ4n) is 5.82. The maximum atomic E-state index is 13.1. The van der Waals surface area contributed by atoms with Gasteiger partial charge in [-0.05, 0) is 59.8 Å². The fraction of sp³-hybridized carbons (Fsp3) is 0.500. The Balaban J connectivity index is 1.79. The van der Waals surface area contributed by atoms with E-state index < -0.39 is 47.9 Å². The van der Waals surface area contributed by atoms with Crippen LogP contribution < -0.4 is 21.2 Å². The summed E-state index contributed by atoms with van der Waals surface area (Å²) in [5, 5.41) is 0. The second kappa shape index (κ2) is 8.20. The van der Waals surface area contributed by atoms with Gasteiger partial charge in [0, 0.05) is 12.0 Å². The summed E-state index contributed by atoms with van der Waals surface area (Å²) in [6, 6.07) is 17.2. The number of carbonyl (C=O) groups is 1. The topological polar surface area (TPSA) is 71.4 Å². The fourth-order valence-corrected chi connectivity index (χ4v) is 9.58. The van der Waals surface area contributed by atoms with Crippen LogP contribution in [0.4, 0.5) is 0 Å². The maximum Gasteiger partial charge on any atom is 0.358 e. The molecule has 2 aromatic rings. The molecular weight excluding hydrogens is 535 g/mol. The number of ketones is 1. The number of Topliss-reactive ketones (excluding diaryl/α,β-unsaturated/α-hetero) is 1. The van der Waals surface area contributed by atoms with Gasteiger partial charge in [0.15, 0.2) is 7.14 Å². The Labute approximate surface area is 202 Å². The van der Waals surface area contributed by atoms with E-state index >= 15 is 0 Å². The van der Waals surface area contributed by atoms with Gasteiger partial charge in [-0.25, -0.2) is 0 Å².